The van der Waals surface area contributed by atoms with Crippen LogP contribution in [-0.4, -0.2) is 30.0 Å². The number of carbonyl (C=O) groups is 1. The van der Waals surface area contributed by atoms with Crippen molar-refractivity contribution < 1.29 is 4.79 Å². The molecule has 5 heteroatoms. The second-order valence-corrected chi connectivity index (χ2v) is 6.19. The minimum Gasteiger partial charge on any atom is -0.349 e. The van der Waals surface area contributed by atoms with E-state index < -0.39 is 0 Å². The smallest absolute Gasteiger partial charge is 0.251 e. The van der Waals surface area contributed by atoms with Crippen LogP contribution in [0.4, 0.5) is 0 Å². The van der Waals surface area contributed by atoms with Crippen LogP contribution in [0.3, 0.4) is 0 Å². The SMILES string of the molecule is NCC#Cc1ccc(C(=O)NC2CCSCC2)cc1Cl. The Morgan fingerprint density at radius 2 is 2.20 bits per heavy atom. The monoisotopic (exact) mass is 308 g/mol. The molecule has 1 amide bonds. The van der Waals surface area contributed by atoms with Crippen LogP contribution in [0.5, 0.6) is 0 Å². The Kier molecular flexibility index (Phi) is 5.78. The molecule has 0 unspecified atom stereocenters. The molecule has 1 heterocycles. The molecule has 1 aliphatic heterocycles. The Bertz CT molecular complexity index is 545. The second-order valence-electron chi connectivity index (χ2n) is 4.56. The molecular weight excluding hydrogens is 292 g/mol. The third-order valence-corrected chi connectivity index (χ3v) is 4.47. The van der Waals surface area contributed by atoms with Gasteiger partial charge in [-0.2, -0.15) is 11.8 Å². The van der Waals surface area contributed by atoms with E-state index in [1.54, 1.807) is 18.2 Å². The zero-order valence-corrected chi connectivity index (χ0v) is 12.7. The first-order valence-electron chi connectivity index (χ1n) is 6.58. The normalized spacial score (nSPS) is 15.3. The largest absolute Gasteiger partial charge is 0.349 e. The van der Waals surface area contributed by atoms with E-state index in [0.29, 0.717) is 16.1 Å². The average molecular weight is 309 g/mol. The van der Waals surface area contributed by atoms with Gasteiger partial charge in [0, 0.05) is 17.2 Å². The molecule has 106 valence electrons. The maximum atomic E-state index is 12.2. The maximum absolute atomic E-state index is 12.2. The fourth-order valence-corrected chi connectivity index (χ4v) is 3.35. The minimum absolute atomic E-state index is 0.0675. The number of hydrogen-bond donors (Lipinski definition) is 2. The van der Waals surface area contributed by atoms with Crippen molar-refractivity contribution in [2.75, 3.05) is 18.1 Å². The van der Waals surface area contributed by atoms with Crippen molar-refractivity contribution in [3.63, 3.8) is 0 Å². The summed E-state index contributed by atoms with van der Waals surface area (Å²) in [5.74, 6) is 7.78. The number of nitrogens with one attached hydrogen (secondary N) is 1. The van der Waals surface area contributed by atoms with Gasteiger partial charge in [-0.05, 0) is 42.5 Å². The van der Waals surface area contributed by atoms with Crippen LogP contribution in [0.15, 0.2) is 18.2 Å². The molecular formula is C15H17ClN2OS. The number of amides is 1. The summed E-state index contributed by atoms with van der Waals surface area (Å²) in [6, 6.07) is 5.45. The molecule has 20 heavy (non-hydrogen) atoms. The van der Waals surface area contributed by atoms with Crippen LogP contribution in [0.25, 0.3) is 0 Å². The van der Waals surface area contributed by atoms with Gasteiger partial charge in [0.25, 0.3) is 5.91 Å². The van der Waals surface area contributed by atoms with E-state index in [9.17, 15) is 4.79 Å². The fraction of sp³-hybridized carbons (Fsp3) is 0.400. The number of thioether (sulfide) groups is 1. The third kappa shape index (κ3) is 4.17. The molecule has 0 spiro atoms. The van der Waals surface area contributed by atoms with Crippen molar-refractivity contribution in [1.82, 2.24) is 5.32 Å². The van der Waals surface area contributed by atoms with Crippen LogP contribution in [0.2, 0.25) is 5.02 Å². The van der Waals surface area contributed by atoms with Crippen molar-refractivity contribution in [1.29, 1.82) is 0 Å². The Morgan fingerprint density at radius 3 is 2.85 bits per heavy atom. The standard InChI is InChI=1S/C15H17ClN2OS/c16-14-10-12(4-3-11(14)2-1-7-17)15(19)18-13-5-8-20-9-6-13/h3-4,10,13H,5-9,17H2,(H,18,19). The highest BCUT2D eigenvalue weighted by Gasteiger charge is 2.17. The molecule has 1 saturated heterocycles. The zero-order chi connectivity index (χ0) is 14.4. The summed E-state index contributed by atoms with van der Waals surface area (Å²) >= 11 is 8.06. The first-order valence-corrected chi connectivity index (χ1v) is 8.11. The highest BCUT2D eigenvalue weighted by molar-refractivity contribution is 7.99. The molecule has 0 radical (unpaired) electrons. The summed E-state index contributed by atoms with van der Waals surface area (Å²) < 4.78 is 0. The number of nitrogens with two attached hydrogens (primary N) is 1. The van der Waals surface area contributed by atoms with Crippen LogP contribution < -0.4 is 11.1 Å². The molecule has 2 rings (SSSR count). The van der Waals surface area contributed by atoms with E-state index in [4.69, 9.17) is 17.3 Å². The Labute approximate surface area is 128 Å². The van der Waals surface area contributed by atoms with Gasteiger partial charge in [-0.15, -0.1) is 0 Å². The van der Waals surface area contributed by atoms with E-state index in [2.05, 4.69) is 17.2 Å². The molecule has 3 N–H and O–H groups in total. The van der Waals surface area contributed by atoms with Gasteiger partial charge in [0.2, 0.25) is 0 Å². The molecule has 0 atom stereocenters. The van der Waals surface area contributed by atoms with Crippen LogP contribution >= 0.6 is 23.4 Å². The van der Waals surface area contributed by atoms with Gasteiger partial charge < -0.3 is 11.1 Å². The number of benzene rings is 1. The summed E-state index contributed by atoms with van der Waals surface area (Å²) in [7, 11) is 0. The zero-order valence-electron chi connectivity index (χ0n) is 11.1. The highest BCUT2D eigenvalue weighted by atomic mass is 35.5. The van der Waals surface area contributed by atoms with Crippen molar-refractivity contribution >= 4 is 29.3 Å². The van der Waals surface area contributed by atoms with E-state index in [1.165, 1.54) is 0 Å². The van der Waals surface area contributed by atoms with E-state index in [1.807, 2.05) is 11.8 Å². The van der Waals surface area contributed by atoms with Gasteiger partial charge in [0.15, 0.2) is 0 Å². The summed E-state index contributed by atoms with van der Waals surface area (Å²) in [5.41, 5.74) is 6.60. The van der Waals surface area contributed by atoms with Crippen LogP contribution in [-0.2, 0) is 0 Å². The molecule has 1 aromatic carbocycles. The average Bonchev–Trinajstić information content (AvgIpc) is 2.47. The fourth-order valence-electron chi connectivity index (χ4n) is 2.01. The topological polar surface area (TPSA) is 55.1 Å². The molecule has 0 saturated carbocycles. The first-order chi connectivity index (χ1) is 9.70. The number of halogens is 1. The second kappa shape index (κ2) is 7.58. The Morgan fingerprint density at radius 1 is 1.45 bits per heavy atom. The lowest BCUT2D eigenvalue weighted by Crippen LogP contribution is -2.37. The molecule has 1 aliphatic rings. The predicted molar refractivity (Wildman–Crippen MR) is 85.2 cm³/mol. The number of carbonyl (C=O) groups excluding carboxylic acids is 1. The van der Waals surface area contributed by atoms with Gasteiger partial charge >= 0.3 is 0 Å². The van der Waals surface area contributed by atoms with Gasteiger partial charge in [-0.25, -0.2) is 0 Å². The predicted octanol–water partition coefficient (Wildman–Crippen LogP) is 2.28. The quantitative estimate of drug-likeness (QED) is 0.824. The van der Waals surface area contributed by atoms with Crippen molar-refractivity contribution in [2.24, 2.45) is 5.73 Å². The maximum Gasteiger partial charge on any atom is 0.251 e. The van der Waals surface area contributed by atoms with Gasteiger partial charge in [-0.1, -0.05) is 23.4 Å². The van der Waals surface area contributed by atoms with Gasteiger partial charge in [0.1, 0.15) is 0 Å². The lowest BCUT2D eigenvalue weighted by Gasteiger charge is -2.22. The van der Waals surface area contributed by atoms with Crippen molar-refractivity contribution in [3.05, 3.63) is 34.3 Å². The van der Waals surface area contributed by atoms with Crippen molar-refractivity contribution in [3.8, 4) is 11.8 Å². The summed E-state index contributed by atoms with van der Waals surface area (Å²) in [6.07, 6.45) is 2.06. The van der Waals surface area contributed by atoms with Crippen molar-refractivity contribution in [2.45, 2.75) is 18.9 Å². The lowest BCUT2D eigenvalue weighted by atomic mass is 10.1. The molecule has 3 nitrogen and oxygen atoms in total. The van der Waals surface area contributed by atoms with E-state index in [0.717, 1.165) is 24.3 Å². The molecule has 1 aromatic rings. The summed E-state index contributed by atoms with van der Waals surface area (Å²) in [5, 5.41) is 3.54. The Hall–Kier alpha value is -1.15. The summed E-state index contributed by atoms with van der Waals surface area (Å²) in [4.78, 5) is 12.2. The molecule has 0 bridgehead atoms. The number of hydrogen-bond acceptors (Lipinski definition) is 3. The van der Waals surface area contributed by atoms with Gasteiger partial charge in [0.05, 0.1) is 11.6 Å². The Balaban J connectivity index is 2.04. The van der Waals surface area contributed by atoms with Crippen LogP contribution in [0, 0.1) is 11.8 Å². The molecule has 0 aromatic heterocycles. The van der Waals surface area contributed by atoms with Gasteiger partial charge in [-0.3, -0.25) is 4.79 Å². The third-order valence-electron chi connectivity index (χ3n) is 3.11. The molecule has 0 aliphatic carbocycles. The number of rotatable bonds is 2. The lowest BCUT2D eigenvalue weighted by molar-refractivity contribution is 0.0935. The molecule has 1 fully saturated rings. The minimum atomic E-state index is -0.0675. The van der Waals surface area contributed by atoms with Crippen LogP contribution in [0.1, 0.15) is 28.8 Å². The van der Waals surface area contributed by atoms with E-state index in [-0.39, 0.29) is 18.5 Å². The first kappa shape index (κ1) is 15.2. The summed E-state index contributed by atoms with van der Waals surface area (Å²) in [6.45, 7) is 0.290. The van der Waals surface area contributed by atoms with E-state index >= 15 is 0 Å². The highest BCUT2D eigenvalue weighted by Crippen LogP contribution is 2.19.